The molecule has 2 aromatic carbocycles. The number of benzene rings is 2. The molecule has 2 rings (SSSR count). The number of hydrogen-bond acceptors (Lipinski definition) is 0. The van der Waals surface area contributed by atoms with Crippen LogP contribution in [0.3, 0.4) is 0 Å². The Hall–Kier alpha value is -1.60. The normalized spacial score (nSPS) is 10.9. The first-order valence-corrected chi connectivity index (χ1v) is 5.31. The average Bonchev–Trinajstić information content (AvgIpc) is 2.30. The highest BCUT2D eigenvalue weighted by molar-refractivity contribution is 6.30. The second-order valence-corrected chi connectivity index (χ2v) is 3.87. The van der Waals surface area contributed by atoms with Crippen LogP contribution in [0.5, 0.6) is 0 Å². The van der Waals surface area contributed by atoms with Crippen LogP contribution in [0.4, 0.5) is 4.39 Å². The maximum atomic E-state index is 12.7. The summed E-state index contributed by atoms with van der Waals surface area (Å²) in [6.45, 7) is 0. The van der Waals surface area contributed by atoms with Gasteiger partial charge in [0, 0.05) is 5.02 Å². The zero-order chi connectivity index (χ0) is 11.4. The van der Waals surface area contributed by atoms with Crippen molar-refractivity contribution in [2.75, 3.05) is 0 Å². The Balaban J connectivity index is 2.15. The molecule has 0 heterocycles. The smallest absolute Gasteiger partial charge is 0.123 e. The van der Waals surface area contributed by atoms with Crippen LogP contribution in [-0.2, 0) is 0 Å². The van der Waals surface area contributed by atoms with Crippen molar-refractivity contribution in [3.8, 4) is 0 Å². The van der Waals surface area contributed by atoms with Gasteiger partial charge in [0.1, 0.15) is 5.82 Å². The van der Waals surface area contributed by atoms with E-state index in [2.05, 4.69) is 0 Å². The Morgan fingerprint density at radius 3 is 1.69 bits per heavy atom. The van der Waals surface area contributed by atoms with Crippen molar-refractivity contribution in [3.05, 3.63) is 70.5 Å². The molecule has 16 heavy (non-hydrogen) atoms. The summed E-state index contributed by atoms with van der Waals surface area (Å²) in [7, 11) is 0. The van der Waals surface area contributed by atoms with E-state index in [1.54, 1.807) is 12.1 Å². The van der Waals surface area contributed by atoms with E-state index in [1.807, 2.05) is 36.4 Å². The Morgan fingerprint density at radius 2 is 1.19 bits per heavy atom. The molecule has 0 nitrogen and oxygen atoms in total. The van der Waals surface area contributed by atoms with E-state index in [4.69, 9.17) is 11.6 Å². The molecule has 0 aliphatic rings. The van der Waals surface area contributed by atoms with Gasteiger partial charge in [-0.05, 0) is 35.4 Å². The largest absolute Gasteiger partial charge is 0.207 e. The van der Waals surface area contributed by atoms with Gasteiger partial charge in [0.15, 0.2) is 0 Å². The third kappa shape index (κ3) is 2.94. The lowest BCUT2D eigenvalue weighted by Crippen LogP contribution is -1.75. The van der Waals surface area contributed by atoms with Gasteiger partial charge in [-0.2, -0.15) is 0 Å². The molecule has 80 valence electrons. The van der Waals surface area contributed by atoms with E-state index in [-0.39, 0.29) is 5.82 Å². The number of rotatable bonds is 2. The highest BCUT2D eigenvalue weighted by atomic mass is 35.5. The van der Waals surface area contributed by atoms with Gasteiger partial charge in [-0.15, -0.1) is 0 Å². The third-order valence-corrected chi connectivity index (χ3v) is 2.46. The van der Waals surface area contributed by atoms with E-state index < -0.39 is 0 Å². The van der Waals surface area contributed by atoms with Gasteiger partial charge in [-0.3, -0.25) is 0 Å². The predicted octanol–water partition coefficient (Wildman–Crippen LogP) is 4.65. The molecule has 0 saturated heterocycles. The lowest BCUT2D eigenvalue weighted by atomic mass is 10.1. The van der Waals surface area contributed by atoms with E-state index >= 15 is 0 Å². The summed E-state index contributed by atoms with van der Waals surface area (Å²) >= 11 is 5.78. The van der Waals surface area contributed by atoms with Crippen molar-refractivity contribution in [3.63, 3.8) is 0 Å². The lowest BCUT2D eigenvalue weighted by molar-refractivity contribution is 0.628. The minimum Gasteiger partial charge on any atom is -0.207 e. The van der Waals surface area contributed by atoms with Gasteiger partial charge in [-0.1, -0.05) is 48.0 Å². The van der Waals surface area contributed by atoms with Crippen molar-refractivity contribution >= 4 is 23.8 Å². The molecule has 0 spiro atoms. The van der Waals surface area contributed by atoms with Crippen LogP contribution in [0.15, 0.2) is 48.5 Å². The number of halogens is 2. The first-order chi connectivity index (χ1) is 7.74. The molecule has 0 radical (unpaired) electrons. The standard InChI is InChI=1S/C14H10ClF/c15-13-7-3-11(4-8-13)1-2-12-5-9-14(16)10-6-12/h1-10H/b2-1+. The zero-order valence-electron chi connectivity index (χ0n) is 8.53. The van der Waals surface area contributed by atoms with Crippen molar-refractivity contribution in [1.29, 1.82) is 0 Å². The summed E-state index contributed by atoms with van der Waals surface area (Å²) in [6, 6.07) is 13.9. The molecule has 0 amide bonds. The predicted molar refractivity (Wildman–Crippen MR) is 66.8 cm³/mol. The van der Waals surface area contributed by atoms with Crippen molar-refractivity contribution in [2.45, 2.75) is 0 Å². The summed E-state index contributed by atoms with van der Waals surface area (Å²) in [5.41, 5.74) is 2.03. The quantitative estimate of drug-likeness (QED) is 0.662. The average molecular weight is 233 g/mol. The second-order valence-electron chi connectivity index (χ2n) is 3.44. The van der Waals surface area contributed by atoms with Gasteiger partial charge in [0.05, 0.1) is 0 Å². The van der Waals surface area contributed by atoms with Gasteiger partial charge < -0.3 is 0 Å². The van der Waals surface area contributed by atoms with Crippen LogP contribution in [0.1, 0.15) is 11.1 Å². The van der Waals surface area contributed by atoms with Gasteiger partial charge in [-0.25, -0.2) is 4.39 Å². The molecule has 0 N–H and O–H groups in total. The van der Waals surface area contributed by atoms with Crippen molar-refractivity contribution < 1.29 is 4.39 Å². The molecule has 2 aromatic rings. The van der Waals surface area contributed by atoms with Gasteiger partial charge in [0.25, 0.3) is 0 Å². The Kier molecular flexibility index (Phi) is 3.37. The molecule has 0 atom stereocenters. The lowest BCUT2D eigenvalue weighted by Gasteiger charge is -1.95. The van der Waals surface area contributed by atoms with Crippen LogP contribution in [0.2, 0.25) is 5.02 Å². The van der Waals surface area contributed by atoms with Gasteiger partial charge in [0.2, 0.25) is 0 Å². The van der Waals surface area contributed by atoms with Gasteiger partial charge >= 0.3 is 0 Å². The van der Waals surface area contributed by atoms with E-state index in [0.717, 1.165) is 16.1 Å². The molecule has 0 fully saturated rings. The van der Waals surface area contributed by atoms with E-state index in [1.165, 1.54) is 12.1 Å². The Bertz CT molecular complexity index is 436. The van der Waals surface area contributed by atoms with E-state index in [0.29, 0.717) is 0 Å². The highest BCUT2D eigenvalue weighted by Gasteiger charge is 1.90. The molecule has 2 heteroatoms. The van der Waals surface area contributed by atoms with Crippen LogP contribution in [0, 0.1) is 5.82 Å². The Morgan fingerprint density at radius 1 is 0.750 bits per heavy atom. The van der Waals surface area contributed by atoms with Crippen LogP contribution in [-0.4, -0.2) is 0 Å². The zero-order valence-corrected chi connectivity index (χ0v) is 9.29. The summed E-state index contributed by atoms with van der Waals surface area (Å²) < 4.78 is 12.7. The van der Waals surface area contributed by atoms with Crippen LogP contribution < -0.4 is 0 Å². The van der Waals surface area contributed by atoms with Crippen LogP contribution >= 0.6 is 11.6 Å². The monoisotopic (exact) mass is 232 g/mol. The summed E-state index contributed by atoms with van der Waals surface area (Å²) in [6.07, 6.45) is 3.90. The minimum atomic E-state index is -0.219. The second kappa shape index (κ2) is 4.95. The van der Waals surface area contributed by atoms with E-state index in [9.17, 15) is 4.39 Å². The third-order valence-electron chi connectivity index (χ3n) is 2.21. The van der Waals surface area contributed by atoms with Crippen LogP contribution in [0.25, 0.3) is 12.2 Å². The summed E-state index contributed by atoms with van der Waals surface area (Å²) in [4.78, 5) is 0. The molecular weight excluding hydrogens is 223 g/mol. The van der Waals surface area contributed by atoms with Crippen molar-refractivity contribution in [1.82, 2.24) is 0 Å². The maximum Gasteiger partial charge on any atom is 0.123 e. The molecular formula is C14H10ClF. The molecule has 0 unspecified atom stereocenters. The fourth-order valence-corrected chi connectivity index (χ4v) is 1.47. The first-order valence-electron chi connectivity index (χ1n) is 4.93. The molecule has 0 saturated carbocycles. The summed E-state index contributed by atoms with van der Waals surface area (Å²) in [5.74, 6) is -0.219. The topological polar surface area (TPSA) is 0 Å². The molecule has 0 aliphatic heterocycles. The number of hydrogen-bond donors (Lipinski definition) is 0. The minimum absolute atomic E-state index is 0.219. The fourth-order valence-electron chi connectivity index (χ4n) is 1.34. The first kappa shape index (κ1) is 10.9. The SMILES string of the molecule is Fc1ccc(/C=C/c2ccc(Cl)cc2)cc1. The molecule has 0 bridgehead atoms. The van der Waals surface area contributed by atoms with Crippen molar-refractivity contribution in [2.24, 2.45) is 0 Å². The summed E-state index contributed by atoms with van der Waals surface area (Å²) in [5, 5.41) is 0.721. The Labute approximate surface area is 99.0 Å². The fraction of sp³-hybridized carbons (Fsp3) is 0. The molecule has 0 aromatic heterocycles. The highest BCUT2D eigenvalue weighted by Crippen LogP contribution is 2.12. The maximum absolute atomic E-state index is 12.7. The molecule has 0 aliphatic carbocycles.